The van der Waals surface area contributed by atoms with E-state index in [0.29, 0.717) is 28.1 Å². The Balaban J connectivity index is 0.00000300. The van der Waals surface area contributed by atoms with Crippen molar-refractivity contribution in [1.29, 1.82) is 0 Å². The minimum Gasteiger partial charge on any atom is -0.871 e. The molecule has 0 heterocycles. The zero-order valence-electron chi connectivity index (χ0n) is 26.1. The van der Waals surface area contributed by atoms with Gasteiger partial charge in [0.15, 0.2) is 0 Å². The van der Waals surface area contributed by atoms with Gasteiger partial charge in [0.05, 0.1) is 22.0 Å². The van der Waals surface area contributed by atoms with Gasteiger partial charge >= 0.3 is 59.1 Å². The second kappa shape index (κ2) is 15.5. The van der Waals surface area contributed by atoms with E-state index in [4.69, 9.17) is 0 Å². The Morgan fingerprint density at radius 3 is 1.85 bits per heavy atom. The van der Waals surface area contributed by atoms with E-state index in [0.717, 1.165) is 5.69 Å². The first kappa shape index (κ1) is 38.4. The molecule has 0 saturated carbocycles. The third-order valence-corrected chi connectivity index (χ3v) is 8.53. The van der Waals surface area contributed by atoms with E-state index in [1.54, 1.807) is 51.1 Å². The molecule has 0 fully saturated rings. The van der Waals surface area contributed by atoms with Crippen LogP contribution >= 0.6 is 0 Å². The standard InChI is InChI=1S/C31H27N5O7S2.2Na/c1-18-9-12-25(28(13-18)44(38,39)40)33-34-26-14-20(3)27(15-19(26)2)35-36-30-29(45(41,42)43)17-21-16-23(10-11-24(21)31(30)37)32-22-7-5-4-6-8-22;;/h4-17,32,37H,1-3H3,(H,38,39,40)(H,41,42,43);;/q;2*+1/p-2. The molecule has 0 aliphatic rings. The Labute approximate surface area is 316 Å². The van der Waals surface area contributed by atoms with E-state index in [2.05, 4.69) is 25.8 Å². The Bertz CT molecular complexity index is 2250. The molecule has 5 aromatic rings. The molecule has 230 valence electrons. The zero-order valence-corrected chi connectivity index (χ0v) is 31.7. The van der Waals surface area contributed by atoms with E-state index in [-0.39, 0.29) is 81.3 Å². The quantitative estimate of drug-likeness (QED) is 0.139. The second-order valence-corrected chi connectivity index (χ2v) is 12.9. The summed E-state index contributed by atoms with van der Waals surface area (Å²) < 4.78 is 69.6. The molecule has 47 heavy (non-hydrogen) atoms. The molecule has 0 aliphatic carbocycles. The van der Waals surface area contributed by atoms with Crippen molar-refractivity contribution in [2.45, 2.75) is 30.6 Å². The van der Waals surface area contributed by atoms with E-state index in [9.17, 15) is 31.0 Å². The molecule has 0 aliphatic heterocycles. The van der Waals surface area contributed by atoms with Gasteiger partial charge in [-0.25, -0.2) is 8.42 Å². The minimum atomic E-state index is -4.87. The molecule has 5 aromatic carbocycles. The van der Waals surface area contributed by atoms with Gasteiger partial charge in [-0.3, -0.25) is 4.55 Å². The first-order valence-corrected chi connectivity index (χ1v) is 16.1. The monoisotopic (exact) mass is 689 g/mol. The van der Waals surface area contributed by atoms with Gasteiger partial charge in [0.2, 0.25) is 0 Å². The number of fused-ring (bicyclic) bond motifs is 1. The van der Waals surface area contributed by atoms with Crippen LogP contribution in [-0.4, -0.2) is 25.9 Å². The van der Waals surface area contributed by atoms with Crippen molar-refractivity contribution in [1.82, 2.24) is 0 Å². The van der Waals surface area contributed by atoms with Gasteiger partial charge in [0.1, 0.15) is 20.7 Å². The van der Waals surface area contributed by atoms with Crippen molar-refractivity contribution in [2.75, 3.05) is 5.32 Å². The van der Waals surface area contributed by atoms with Crippen LogP contribution in [0.2, 0.25) is 0 Å². The van der Waals surface area contributed by atoms with E-state index in [1.165, 1.54) is 24.3 Å². The molecule has 0 atom stereocenters. The molecule has 5 rings (SSSR count). The van der Waals surface area contributed by atoms with Gasteiger partial charge in [-0.15, -0.1) is 10.2 Å². The molecule has 16 heteroatoms. The largest absolute Gasteiger partial charge is 1.00 e. The molecular weight excluding hydrogens is 664 g/mol. The maximum absolute atomic E-state index is 13.4. The first-order valence-electron chi connectivity index (χ1n) is 13.3. The zero-order chi connectivity index (χ0) is 32.5. The van der Waals surface area contributed by atoms with Gasteiger partial charge in [0, 0.05) is 11.4 Å². The van der Waals surface area contributed by atoms with E-state index >= 15 is 0 Å². The fourth-order valence-electron chi connectivity index (χ4n) is 4.51. The summed E-state index contributed by atoms with van der Waals surface area (Å²) in [6.07, 6.45) is 0. The van der Waals surface area contributed by atoms with Crippen molar-refractivity contribution in [3.05, 3.63) is 102 Å². The van der Waals surface area contributed by atoms with Crippen molar-refractivity contribution < 1.29 is 90.2 Å². The molecule has 0 bridgehead atoms. The van der Waals surface area contributed by atoms with Crippen LogP contribution in [0.4, 0.5) is 34.1 Å². The van der Waals surface area contributed by atoms with Gasteiger partial charge in [0.25, 0.3) is 10.1 Å². The molecule has 2 N–H and O–H groups in total. The minimum absolute atomic E-state index is 0. The number of aryl methyl sites for hydroxylation is 3. The maximum atomic E-state index is 13.4. The summed E-state index contributed by atoms with van der Waals surface area (Å²) in [7, 11) is -9.65. The number of hydrogen-bond acceptors (Lipinski definition) is 11. The Morgan fingerprint density at radius 2 is 1.26 bits per heavy atom. The molecule has 0 spiro atoms. The van der Waals surface area contributed by atoms with Crippen LogP contribution in [0.5, 0.6) is 5.75 Å². The van der Waals surface area contributed by atoms with Gasteiger partial charge < -0.3 is 15.0 Å². The van der Waals surface area contributed by atoms with Crippen molar-refractivity contribution in [3.8, 4) is 5.75 Å². The van der Waals surface area contributed by atoms with Crippen LogP contribution in [0, 0.1) is 20.8 Å². The molecule has 0 aromatic heterocycles. The Hall–Kier alpha value is -3.02. The van der Waals surface area contributed by atoms with Gasteiger partial charge in [-0.2, -0.15) is 18.6 Å². The smallest absolute Gasteiger partial charge is 0.871 e. The van der Waals surface area contributed by atoms with Crippen LogP contribution < -0.4 is 69.5 Å². The van der Waals surface area contributed by atoms with Crippen LogP contribution in [0.1, 0.15) is 16.7 Å². The number of nitrogens with zero attached hydrogens (tertiary/aromatic N) is 4. The predicted molar refractivity (Wildman–Crippen MR) is 166 cm³/mol. The SMILES string of the molecule is Cc1ccc(N=Nc2cc(C)c(N=Nc3c(S(=O)(=O)O)cc4cc(Nc5ccccc5)ccc4c3[O-])cc2C)c(S(=O)(=O)[O-])c1.[Na+].[Na+]. The van der Waals surface area contributed by atoms with Gasteiger partial charge in [-0.05, 0) is 103 Å². The summed E-state index contributed by atoms with van der Waals surface area (Å²) in [5.74, 6) is -0.739. The first-order chi connectivity index (χ1) is 21.2. The number of azo groups is 2. The summed E-state index contributed by atoms with van der Waals surface area (Å²) in [5.41, 5.74) is 2.94. The molecule has 0 amide bonds. The number of hydrogen-bond donors (Lipinski definition) is 2. The summed E-state index contributed by atoms with van der Waals surface area (Å²) in [6, 6.07) is 22.5. The maximum Gasteiger partial charge on any atom is 1.00 e. The molecule has 12 nitrogen and oxygen atoms in total. The number of anilines is 2. The summed E-state index contributed by atoms with van der Waals surface area (Å²) in [5, 5.41) is 33.2. The summed E-state index contributed by atoms with van der Waals surface area (Å²) in [6.45, 7) is 4.98. The van der Waals surface area contributed by atoms with Gasteiger partial charge in [-0.1, -0.05) is 36.1 Å². The third-order valence-electron chi connectivity index (χ3n) is 6.79. The number of rotatable bonds is 8. The fraction of sp³-hybridized carbons (Fsp3) is 0.0968. The molecular formula is C31H25N5Na2O7S2. The molecule has 0 radical (unpaired) electrons. The number of benzene rings is 5. The topological polar surface area (TPSA) is 196 Å². The molecule has 0 saturated heterocycles. The van der Waals surface area contributed by atoms with E-state index in [1.807, 2.05) is 30.3 Å². The molecule has 0 unspecified atom stereocenters. The summed E-state index contributed by atoms with van der Waals surface area (Å²) >= 11 is 0. The summed E-state index contributed by atoms with van der Waals surface area (Å²) in [4.78, 5) is -1.18. The predicted octanol–water partition coefficient (Wildman–Crippen LogP) is 1.57. The second-order valence-electron chi connectivity index (χ2n) is 10.2. The van der Waals surface area contributed by atoms with Crippen LogP contribution in [0.3, 0.4) is 0 Å². The average Bonchev–Trinajstić information content (AvgIpc) is 2.97. The Morgan fingerprint density at radius 1 is 0.660 bits per heavy atom. The van der Waals surface area contributed by atoms with Crippen molar-refractivity contribution in [2.24, 2.45) is 20.5 Å². The number of para-hydroxylation sites is 1. The Kier molecular flexibility index (Phi) is 12.6. The van der Waals surface area contributed by atoms with Crippen LogP contribution in [0.15, 0.2) is 115 Å². The normalized spacial score (nSPS) is 11.9. The fourth-order valence-corrected chi connectivity index (χ4v) is 5.86. The van der Waals surface area contributed by atoms with Crippen LogP contribution in [-0.2, 0) is 20.2 Å². The number of nitrogens with one attached hydrogen (secondary N) is 1. The average molecular weight is 690 g/mol. The third kappa shape index (κ3) is 9.12. The van der Waals surface area contributed by atoms with Crippen LogP contribution in [0.25, 0.3) is 10.8 Å². The van der Waals surface area contributed by atoms with Crippen molar-refractivity contribution in [3.63, 3.8) is 0 Å². The van der Waals surface area contributed by atoms with E-state index < -0.39 is 41.5 Å². The van der Waals surface area contributed by atoms with Crippen molar-refractivity contribution >= 4 is 65.1 Å².